The van der Waals surface area contributed by atoms with Crippen molar-refractivity contribution in [3.8, 4) is 0 Å². The van der Waals surface area contributed by atoms with Crippen LogP contribution in [0.1, 0.15) is 15.9 Å². The quantitative estimate of drug-likeness (QED) is 0.629. The van der Waals surface area contributed by atoms with Crippen LogP contribution in [0.25, 0.3) is 0 Å². The number of amides is 1. The maximum absolute atomic E-state index is 12.7. The van der Waals surface area contributed by atoms with Gasteiger partial charge in [-0.2, -0.15) is 0 Å². The van der Waals surface area contributed by atoms with Crippen molar-refractivity contribution < 1.29 is 9.72 Å². The molecular formula is C16H17N5O3. The highest BCUT2D eigenvalue weighted by Crippen LogP contribution is 2.23. The normalized spacial score (nSPS) is 14.5. The van der Waals surface area contributed by atoms with Crippen molar-refractivity contribution in [3.63, 3.8) is 0 Å². The smallest absolute Gasteiger partial charge is 0.273 e. The second kappa shape index (κ2) is 6.61. The van der Waals surface area contributed by atoms with Gasteiger partial charge in [0.2, 0.25) is 5.95 Å². The Kier molecular flexibility index (Phi) is 4.37. The maximum atomic E-state index is 12.7. The number of hydrogen-bond donors (Lipinski definition) is 0. The predicted molar refractivity (Wildman–Crippen MR) is 88.0 cm³/mol. The molecule has 1 aliphatic heterocycles. The van der Waals surface area contributed by atoms with E-state index in [-0.39, 0.29) is 11.6 Å². The Morgan fingerprint density at radius 2 is 1.79 bits per heavy atom. The molecule has 1 fully saturated rings. The van der Waals surface area contributed by atoms with E-state index in [1.54, 1.807) is 42.4 Å². The monoisotopic (exact) mass is 327 g/mol. The average molecular weight is 327 g/mol. The number of nitro groups is 1. The maximum Gasteiger partial charge on any atom is 0.273 e. The van der Waals surface area contributed by atoms with Crippen LogP contribution in [0.5, 0.6) is 0 Å². The number of aromatic nitrogens is 2. The number of rotatable bonds is 3. The molecule has 3 rings (SSSR count). The van der Waals surface area contributed by atoms with Crippen LogP contribution < -0.4 is 4.90 Å². The largest absolute Gasteiger partial charge is 0.337 e. The molecule has 0 spiro atoms. The minimum absolute atomic E-state index is 0.0304. The van der Waals surface area contributed by atoms with Crippen molar-refractivity contribution in [1.29, 1.82) is 0 Å². The fraction of sp³-hybridized carbons (Fsp3) is 0.312. The number of carbonyl (C=O) groups is 1. The third-order valence-electron chi connectivity index (χ3n) is 4.13. The van der Waals surface area contributed by atoms with E-state index in [0.29, 0.717) is 43.3 Å². The fourth-order valence-corrected chi connectivity index (χ4v) is 2.79. The number of nitrogens with zero attached hydrogens (tertiary/aromatic N) is 5. The van der Waals surface area contributed by atoms with Crippen LogP contribution in [-0.2, 0) is 0 Å². The molecule has 1 amide bonds. The van der Waals surface area contributed by atoms with Crippen LogP contribution in [0.3, 0.4) is 0 Å². The van der Waals surface area contributed by atoms with E-state index < -0.39 is 4.92 Å². The Balaban J connectivity index is 1.72. The van der Waals surface area contributed by atoms with Crippen LogP contribution in [0.4, 0.5) is 11.6 Å². The zero-order valence-electron chi connectivity index (χ0n) is 13.3. The second-order valence-electron chi connectivity index (χ2n) is 5.53. The summed E-state index contributed by atoms with van der Waals surface area (Å²) in [7, 11) is 0. The van der Waals surface area contributed by atoms with Crippen LogP contribution in [-0.4, -0.2) is 51.9 Å². The molecule has 0 saturated carbocycles. The highest BCUT2D eigenvalue weighted by molar-refractivity contribution is 5.96. The molecule has 2 heterocycles. The highest BCUT2D eigenvalue weighted by atomic mass is 16.6. The number of piperazine rings is 1. The topological polar surface area (TPSA) is 92.5 Å². The lowest BCUT2D eigenvalue weighted by molar-refractivity contribution is -0.385. The van der Waals surface area contributed by atoms with Crippen molar-refractivity contribution in [2.75, 3.05) is 31.1 Å². The summed E-state index contributed by atoms with van der Waals surface area (Å²) >= 11 is 0. The third kappa shape index (κ3) is 3.03. The molecule has 1 aromatic carbocycles. The van der Waals surface area contributed by atoms with Crippen molar-refractivity contribution in [2.24, 2.45) is 0 Å². The van der Waals surface area contributed by atoms with Gasteiger partial charge in [-0.1, -0.05) is 6.07 Å². The molecule has 0 aliphatic carbocycles. The van der Waals surface area contributed by atoms with E-state index in [2.05, 4.69) is 9.97 Å². The first-order valence-electron chi connectivity index (χ1n) is 7.63. The Bertz CT molecular complexity index is 758. The third-order valence-corrected chi connectivity index (χ3v) is 4.13. The molecular weight excluding hydrogens is 310 g/mol. The molecule has 8 heteroatoms. The summed E-state index contributed by atoms with van der Waals surface area (Å²) < 4.78 is 0. The summed E-state index contributed by atoms with van der Waals surface area (Å²) in [5, 5.41) is 11.0. The average Bonchev–Trinajstić information content (AvgIpc) is 2.62. The minimum atomic E-state index is -0.462. The van der Waals surface area contributed by atoms with Gasteiger partial charge in [0.1, 0.15) is 0 Å². The minimum Gasteiger partial charge on any atom is -0.337 e. The lowest BCUT2D eigenvalue weighted by atomic mass is 10.1. The van der Waals surface area contributed by atoms with E-state index in [4.69, 9.17) is 0 Å². The van der Waals surface area contributed by atoms with Crippen molar-refractivity contribution in [1.82, 2.24) is 14.9 Å². The van der Waals surface area contributed by atoms with Crippen molar-refractivity contribution >= 4 is 17.5 Å². The van der Waals surface area contributed by atoms with Gasteiger partial charge in [-0.3, -0.25) is 14.9 Å². The summed E-state index contributed by atoms with van der Waals surface area (Å²) in [6, 6.07) is 6.36. The molecule has 0 unspecified atom stereocenters. The van der Waals surface area contributed by atoms with Crippen molar-refractivity contribution in [3.05, 3.63) is 57.9 Å². The molecule has 1 aliphatic rings. The predicted octanol–water partition coefficient (Wildman–Crippen LogP) is 1.66. The number of carbonyl (C=O) groups excluding carboxylic acids is 1. The van der Waals surface area contributed by atoms with Gasteiger partial charge in [0.25, 0.3) is 11.6 Å². The van der Waals surface area contributed by atoms with Crippen LogP contribution in [0.15, 0.2) is 36.7 Å². The zero-order valence-corrected chi connectivity index (χ0v) is 13.3. The van der Waals surface area contributed by atoms with Gasteiger partial charge >= 0.3 is 0 Å². The van der Waals surface area contributed by atoms with Crippen LogP contribution >= 0.6 is 0 Å². The van der Waals surface area contributed by atoms with E-state index >= 15 is 0 Å². The first kappa shape index (κ1) is 15.9. The molecule has 124 valence electrons. The molecule has 0 bridgehead atoms. The van der Waals surface area contributed by atoms with Gasteiger partial charge in [0, 0.05) is 55.8 Å². The molecule has 0 N–H and O–H groups in total. The summed E-state index contributed by atoms with van der Waals surface area (Å²) in [5.41, 5.74) is 0.757. The Labute approximate surface area is 138 Å². The standard InChI is InChI=1S/C16H17N5O3/c1-12-13(4-2-5-14(12)21(23)24)15(22)19-8-10-20(11-9-19)16-17-6-3-7-18-16/h2-7H,8-11H2,1H3. The van der Waals surface area contributed by atoms with Crippen molar-refractivity contribution in [2.45, 2.75) is 6.92 Å². The van der Waals surface area contributed by atoms with E-state index in [1.807, 2.05) is 4.90 Å². The van der Waals surface area contributed by atoms with E-state index in [9.17, 15) is 14.9 Å². The molecule has 8 nitrogen and oxygen atoms in total. The van der Waals surface area contributed by atoms with Gasteiger partial charge in [-0.05, 0) is 19.1 Å². The number of benzene rings is 1. The van der Waals surface area contributed by atoms with Crippen LogP contribution in [0.2, 0.25) is 0 Å². The first-order chi connectivity index (χ1) is 11.6. The SMILES string of the molecule is Cc1c(C(=O)N2CCN(c3ncccn3)CC2)cccc1[N+](=O)[O-]. The van der Waals surface area contributed by atoms with Gasteiger partial charge in [0.15, 0.2) is 0 Å². The van der Waals surface area contributed by atoms with Crippen LogP contribution in [0, 0.1) is 17.0 Å². The summed E-state index contributed by atoms with van der Waals surface area (Å²) in [6.07, 6.45) is 3.37. The molecule has 24 heavy (non-hydrogen) atoms. The van der Waals surface area contributed by atoms with E-state index in [0.717, 1.165) is 0 Å². The summed E-state index contributed by atoms with van der Waals surface area (Å²) in [4.78, 5) is 35.4. The van der Waals surface area contributed by atoms with Gasteiger partial charge in [-0.25, -0.2) is 9.97 Å². The number of nitro benzene ring substituents is 1. The highest BCUT2D eigenvalue weighted by Gasteiger charge is 2.26. The van der Waals surface area contributed by atoms with Gasteiger partial charge in [-0.15, -0.1) is 0 Å². The van der Waals surface area contributed by atoms with E-state index in [1.165, 1.54) is 6.07 Å². The molecule has 0 atom stereocenters. The summed E-state index contributed by atoms with van der Waals surface area (Å²) in [5.74, 6) is 0.473. The molecule has 1 saturated heterocycles. The Morgan fingerprint density at radius 3 is 2.42 bits per heavy atom. The second-order valence-corrected chi connectivity index (χ2v) is 5.53. The first-order valence-corrected chi connectivity index (χ1v) is 7.63. The number of anilines is 1. The van der Waals surface area contributed by atoms with Gasteiger partial charge in [0.05, 0.1) is 4.92 Å². The fourth-order valence-electron chi connectivity index (χ4n) is 2.79. The molecule has 2 aromatic rings. The lowest BCUT2D eigenvalue weighted by Gasteiger charge is -2.34. The zero-order chi connectivity index (χ0) is 17.1. The Hall–Kier alpha value is -3.03. The lowest BCUT2D eigenvalue weighted by Crippen LogP contribution is -2.49. The summed E-state index contributed by atoms with van der Waals surface area (Å²) in [6.45, 7) is 3.92. The molecule has 0 radical (unpaired) electrons. The number of hydrogen-bond acceptors (Lipinski definition) is 6. The Morgan fingerprint density at radius 1 is 1.12 bits per heavy atom. The molecule has 1 aromatic heterocycles. The van der Waals surface area contributed by atoms with Gasteiger partial charge < -0.3 is 9.80 Å².